The number of amides is 1. The van der Waals surface area contributed by atoms with Gasteiger partial charge in [0.25, 0.3) is 5.91 Å². The van der Waals surface area contributed by atoms with E-state index in [1.807, 2.05) is 42.6 Å². The van der Waals surface area contributed by atoms with Crippen LogP contribution in [0.5, 0.6) is 17.2 Å². The first-order valence-electron chi connectivity index (χ1n) is 8.27. The van der Waals surface area contributed by atoms with E-state index in [2.05, 4.69) is 10.3 Å². The summed E-state index contributed by atoms with van der Waals surface area (Å²) in [5.74, 6) is 1.54. The molecule has 27 heavy (non-hydrogen) atoms. The molecule has 2 aromatic carbocycles. The van der Waals surface area contributed by atoms with Crippen LogP contribution in [0.4, 0.5) is 5.13 Å². The van der Waals surface area contributed by atoms with Crippen LogP contribution in [0.2, 0.25) is 0 Å². The highest BCUT2D eigenvalue weighted by atomic mass is 32.1. The third-order valence-corrected chi connectivity index (χ3v) is 4.57. The molecule has 1 aromatic heterocycles. The Hall–Kier alpha value is -3.06. The maximum Gasteiger partial charge on any atom is 0.264 e. The van der Waals surface area contributed by atoms with E-state index in [9.17, 15) is 4.79 Å². The van der Waals surface area contributed by atoms with E-state index in [4.69, 9.17) is 14.2 Å². The standard InChI is InChI=1S/C20H20N2O4S/c1-13-8-9-16(24-2)14(10-13)15-12-27-20(21-15)22-19(23)11-26-18-7-5-4-6-17(18)25-3/h4-10,12H,11H2,1-3H3,(H,21,22,23). The van der Waals surface area contributed by atoms with Crippen LogP contribution in [0.1, 0.15) is 5.56 Å². The highest BCUT2D eigenvalue weighted by Crippen LogP contribution is 2.33. The third-order valence-electron chi connectivity index (χ3n) is 3.81. The highest BCUT2D eigenvalue weighted by molar-refractivity contribution is 7.14. The summed E-state index contributed by atoms with van der Waals surface area (Å²) >= 11 is 1.35. The number of nitrogens with zero attached hydrogens (tertiary/aromatic N) is 1. The summed E-state index contributed by atoms with van der Waals surface area (Å²) in [5.41, 5.74) is 2.75. The Balaban J connectivity index is 1.65. The molecule has 0 bridgehead atoms. The number of nitrogens with one attached hydrogen (secondary N) is 1. The fraction of sp³-hybridized carbons (Fsp3) is 0.200. The van der Waals surface area contributed by atoms with Crippen LogP contribution >= 0.6 is 11.3 Å². The smallest absolute Gasteiger partial charge is 0.264 e. The van der Waals surface area contributed by atoms with Crippen molar-refractivity contribution in [2.75, 3.05) is 26.1 Å². The van der Waals surface area contributed by atoms with Gasteiger partial charge >= 0.3 is 0 Å². The lowest BCUT2D eigenvalue weighted by molar-refractivity contribution is -0.118. The molecule has 7 heteroatoms. The Morgan fingerprint density at radius 2 is 1.81 bits per heavy atom. The van der Waals surface area contributed by atoms with Crippen molar-refractivity contribution in [1.29, 1.82) is 0 Å². The maximum absolute atomic E-state index is 12.2. The summed E-state index contributed by atoms with van der Waals surface area (Å²) in [4.78, 5) is 16.7. The van der Waals surface area contributed by atoms with E-state index in [1.165, 1.54) is 11.3 Å². The van der Waals surface area contributed by atoms with Crippen molar-refractivity contribution < 1.29 is 19.0 Å². The second kappa shape index (κ2) is 8.55. The molecule has 0 unspecified atom stereocenters. The molecule has 0 saturated carbocycles. The molecular weight excluding hydrogens is 364 g/mol. The summed E-state index contributed by atoms with van der Waals surface area (Å²) in [7, 11) is 3.18. The summed E-state index contributed by atoms with van der Waals surface area (Å²) in [6.45, 7) is 1.87. The first kappa shape index (κ1) is 18.7. The highest BCUT2D eigenvalue weighted by Gasteiger charge is 2.13. The minimum atomic E-state index is -0.294. The molecular formula is C20H20N2O4S. The molecule has 0 aliphatic heterocycles. The third kappa shape index (κ3) is 4.57. The Labute approximate surface area is 161 Å². The topological polar surface area (TPSA) is 69.7 Å². The van der Waals surface area contributed by atoms with Crippen molar-refractivity contribution in [2.24, 2.45) is 0 Å². The van der Waals surface area contributed by atoms with Gasteiger partial charge in [-0.25, -0.2) is 4.98 Å². The first-order chi connectivity index (χ1) is 13.1. The number of hydrogen-bond donors (Lipinski definition) is 1. The number of para-hydroxylation sites is 2. The summed E-state index contributed by atoms with van der Waals surface area (Å²) in [5, 5.41) is 5.14. The lowest BCUT2D eigenvalue weighted by Crippen LogP contribution is -2.20. The van der Waals surface area contributed by atoms with Gasteiger partial charge in [0, 0.05) is 10.9 Å². The van der Waals surface area contributed by atoms with Gasteiger partial charge in [0.15, 0.2) is 23.2 Å². The fourth-order valence-electron chi connectivity index (χ4n) is 2.51. The molecule has 0 saturated heterocycles. The van der Waals surface area contributed by atoms with Crippen LogP contribution in [0.3, 0.4) is 0 Å². The molecule has 1 N–H and O–H groups in total. The van der Waals surface area contributed by atoms with Crippen LogP contribution in [0.15, 0.2) is 47.8 Å². The molecule has 0 aliphatic rings. The monoisotopic (exact) mass is 384 g/mol. The number of benzene rings is 2. The van der Waals surface area contributed by atoms with Crippen LogP contribution in [-0.2, 0) is 4.79 Å². The predicted octanol–water partition coefficient (Wildman–Crippen LogP) is 4.15. The van der Waals surface area contributed by atoms with Gasteiger partial charge in [0.2, 0.25) is 0 Å². The van der Waals surface area contributed by atoms with E-state index in [0.29, 0.717) is 16.6 Å². The summed E-state index contributed by atoms with van der Waals surface area (Å²) < 4.78 is 16.1. The molecule has 1 heterocycles. The second-order valence-corrected chi connectivity index (χ2v) is 6.59. The Kier molecular flexibility index (Phi) is 5.93. The maximum atomic E-state index is 12.2. The van der Waals surface area contributed by atoms with Crippen molar-refractivity contribution in [3.63, 3.8) is 0 Å². The minimum absolute atomic E-state index is 0.136. The van der Waals surface area contributed by atoms with Crippen molar-refractivity contribution in [1.82, 2.24) is 4.98 Å². The zero-order valence-electron chi connectivity index (χ0n) is 15.3. The Morgan fingerprint density at radius 1 is 1.07 bits per heavy atom. The SMILES string of the molecule is COc1ccccc1OCC(=O)Nc1nc(-c2cc(C)ccc2OC)cs1. The quantitative estimate of drug-likeness (QED) is 0.663. The number of carbonyl (C=O) groups excluding carboxylic acids is 1. The number of ether oxygens (including phenoxy) is 3. The number of hydrogen-bond acceptors (Lipinski definition) is 6. The molecule has 0 aliphatic carbocycles. The number of methoxy groups -OCH3 is 2. The lowest BCUT2D eigenvalue weighted by atomic mass is 10.1. The Bertz CT molecular complexity index is 939. The normalized spacial score (nSPS) is 10.3. The van der Waals surface area contributed by atoms with E-state index in [0.717, 1.165) is 22.6 Å². The van der Waals surface area contributed by atoms with Crippen molar-refractivity contribution in [2.45, 2.75) is 6.92 Å². The average molecular weight is 384 g/mol. The second-order valence-electron chi connectivity index (χ2n) is 5.73. The van der Waals surface area contributed by atoms with E-state index < -0.39 is 0 Å². The zero-order valence-corrected chi connectivity index (χ0v) is 16.1. The van der Waals surface area contributed by atoms with E-state index in [1.54, 1.807) is 26.4 Å². The van der Waals surface area contributed by atoms with Crippen LogP contribution in [-0.4, -0.2) is 31.7 Å². The van der Waals surface area contributed by atoms with Gasteiger partial charge in [-0.2, -0.15) is 0 Å². The summed E-state index contributed by atoms with van der Waals surface area (Å²) in [6.07, 6.45) is 0. The fourth-order valence-corrected chi connectivity index (χ4v) is 3.24. The van der Waals surface area contributed by atoms with Gasteiger partial charge in [-0.05, 0) is 31.2 Å². The summed E-state index contributed by atoms with van der Waals surface area (Å²) in [6, 6.07) is 13.1. The Morgan fingerprint density at radius 3 is 2.56 bits per heavy atom. The van der Waals surface area contributed by atoms with Gasteiger partial charge in [0.05, 0.1) is 19.9 Å². The number of anilines is 1. The van der Waals surface area contributed by atoms with Crippen LogP contribution < -0.4 is 19.5 Å². The molecule has 1 amide bonds. The molecule has 3 aromatic rings. The number of aromatic nitrogens is 1. The minimum Gasteiger partial charge on any atom is -0.496 e. The molecule has 0 atom stereocenters. The number of carbonyl (C=O) groups is 1. The van der Waals surface area contributed by atoms with Crippen LogP contribution in [0.25, 0.3) is 11.3 Å². The molecule has 140 valence electrons. The predicted molar refractivity (Wildman–Crippen MR) is 106 cm³/mol. The molecule has 0 fully saturated rings. The van der Waals surface area contributed by atoms with Crippen molar-refractivity contribution in [3.8, 4) is 28.5 Å². The largest absolute Gasteiger partial charge is 0.496 e. The molecule has 6 nitrogen and oxygen atoms in total. The van der Waals surface area contributed by atoms with Gasteiger partial charge in [-0.15, -0.1) is 11.3 Å². The van der Waals surface area contributed by atoms with Crippen molar-refractivity contribution in [3.05, 3.63) is 53.4 Å². The molecule has 3 rings (SSSR count). The van der Waals surface area contributed by atoms with E-state index in [-0.39, 0.29) is 12.5 Å². The first-order valence-corrected chi connectivity index (χ1v) is 9.15. The molecule has 0 radical (unpaired) electrons. The van der Waals surface area contributed by atoms with E-state index >= 15 is 0 Å². The zero-order chi connectivity index (χ0) is 19.2. The number of thiazole rings is 1. The molecule has 0 spiro atoms. The van der Waals surface area contributed by atoms with Crippen molar-refractivity contribution >= 4 is 22.4 Å². The van der Waals surface area contributed by atoms with Gasteiger partial charge < -0.3 is 14.2 Å². The number of rotatable bonds is 7. The van der Waals surface area contributed by atoms with Gasteiger partial charge in [0.1, 0.15) is 5.75 Å². The average Bonchev–Trinajstić information content (AvgIpc) is 3.14. The number of aryl methyl sites for hydroxylation is 1. The van der Waals surface area contributed by atoms with Crippen LogP contribution in [0, 0.1) is 6.92 Å². The lowest BCUT2D eigenvalue weighted by Gasteiger charge is -2.09. The van der Waals surface area contributed by atoms with Gasteiger partial charge in [-0.3, -0.25) is 10.1 Å². The van der Waals surface area contributed by atoms with Gasteiger partial charge in [-0.1, -0.05) is 23.8 Å².